The van der Waals surface area contributed by atoms with E-state index >= 15 is 0 Å². The van der Waals surface area contributed by atoms with Gasteiger partial charge in [-0.3, -0.25) is 0 Å². The number of aromatic nitrogens is 3. The minimum atomic E-state index is 0.625. The van der Waals surface area contributed by atoms with Gasteiger partial charge in [0.25, 0.3) is 0 Å². The van der Waals surface area contributed by atoms with Gasteiger partial charge < -0.3 is 4.42 Å². The fourth-order valence-electron chi connectivity index (χ4n) is 7.13. The summed E-state index contributed by atoms with van der Waals surface area (Å²) in [5.74, 6) is 1.90. The third-order valence-electron chi connectivity index (χ3n) is 9.73. The molecule has 0 atom stereocenters. The van der Waals surface area contributed by atoms with E-state index in [1.54, 1.807) is 0 Å². The maximum Gasteiger partial charge on any atom is 0.164 e. The summed E-state index contributed by atoms with van der Waals surface area (Å²) in [7, 11) is 0. The van der Waals surface area contributed by atoms with Gasteiger partial charge in [-0.15, -0.1) is 0 Å². The van der Waals surface area contributed by atoms with E-state index in [9.17, 15) is 0 Å². The van der Waals surface area contributed by atoms with E-state index in [4.69, 9.17) is 19.4 Å². The lowest BCUT2D eigenvalue weighted by molar-refractivity contribution is 0.673. The maximum absolute atomic E-state index is 6.46. The van der Waals surface area contributed by atoms with Crippen molar-refractivity contribution in [3.63, 3.8) is 0 Å². The molecule has 0 unspecified atom stereocenters. The van der Waals surface area contributed by atoms with Crippen LogP contribution in [0.15, 0.2) is 180 Å². The van der Waals surface area contributed by atoms with Crippen molar-refractivity contribution in [1.82, 2.24) is 15.0 Å². The number of hydrogen-bond donors (Lipinski definition) is 0. The van der Waals surface area contributed by atoms with Crippen LogP contribution in [0.25, 0.3) is 99.9 Å². The SMILES string of the molecule is c1ccc(-c2ccc(-c3nc(-c4ccc(-c5cccc6oc7c8ccccc8ccc7c56)cc4)nc(-c4ccc5ccccc5c4)n3)cc2)cc1. The van der Waals surface area contributed by atoms with Crippen LogP contribution in [0.4, 0.5) is 0 Å². The summed E-state index contributed by atoms with van der Waals surface area (Å²) < 4.78 is 6.46. The molecule has 0 aliphatic rings. The first-order valence-electron chi connectivity index (χ1n) is 17.1. The molecule has 0 bridgehead atoms. The highest BCUT2D eigenvalue weighted by Crippen LogP contribution is 2.40. The maximum atomic E-state index is 6.46. The van der Waals surface area contributed by atoms with Crippen LogP contribution in [0.3, 0.4) is 0 Å². The molecule has 4 nitrogen and oxygen atoms in total. The highest BCUT2D eigenvalue weighted by atomic mass is 16.3. The van der Waals surface area contributed by atoms with Gasteiger partial charge in [0, 0.05) is 32.8 Å². The summed E-state index contributed by atoms with van der Waals surface area (Å²) in [5, 5.41) is 6.84. The summed E-state index contributed by atoms with van der Waals surface area (Å²) in [6.07, 6.45) is 0. The van der Waals surface area contributed by atoms with Crippen LogP contribution in [0, 0.1) is 0 Å². The summed E-state index contributed by atoms with van der Waals surface area (Å²) in [6.45, 7) is 0. The van der Waals surface area contributed by atoms with Crippen molar-refractivity contribution in [3.8, 4) is 56.4 Å². The van der Waals surface area contributed by atoms with Crippen molar-refractivity contribution in [3.05, 3.63) is 176 Å². The summed E-state index contributed by atoms with van der Waals surface area (Å²) in [4.78, 5) is 15.1. The lowest BCUT2D eigenvalue weighted by Gasteiger charge is -2.10. The number of benzene rings is 8. The van der Waals surface area contributed by atoms with E-state index in [-0.39, 0.29) is 0 Å². The van der Waals surface area contributed by atoms with Crippen LogP contribution >= 0.6 is 0 Å². The first-order valence-corrected chi connectivity index (χ1v) is 17.1. The Morgan fingerprint density at radius 2 is 0.882 bits per heavy atom. The van der Waals surface area contributed by atoms with E-state index in [1.807, 2.05) is 6.07 Å². The van der Waals surface area contributed by atoms with Crippen LogP contribution in [0.2, 0.25) is 0 Å². The molecule has 51 heavy (non-hydrogen) atoms. The Morgan fingerprint density at radius 3 is 1.63 bits per heavy atom. The molecule has 0 N–H and O–H groups in total. The van der Waals surface area contributed by atoms with Gasteiger partial charge in [0.1, 0.15) is 11.2 Å². The molecule has 4 heteroatoms. The van der Waals surface area contributed by atoms with Gasteiger partial charge in [0.15, 0.2) is 17.5 Å². The number of hydrogen-bond acceptors (Lipinski definition) is 4. The molecule has 0 fully saturated rings. The van der Waals surface area contributed by atoms with E-state index < -0.39 is 0 Å². The van der Waals surface area contributed by atoms with E-state index in [1.165, 1.54) is 16.3 Å². The van der Waals surface area contributed by atoms with Crippen molar-refractivity contribution in [2.45, 2.75) is 0 Å². The summed E-state index contributed by atoms with van der Waals surface area (Å²) in [6, 6.07) is 61.1. The van der Waals surface area contributed by atoms with Crippen molar-refractivity contribution < 1.29 is 4.42 Å². The first-order chi connectivity index (χ1) is 25.2. The number of fused-ring (bicyclic) bond motifs is 6. The minimum Gasteiger partial charge on any atom is -0.455 e. The third kappa shape index (κ3) is 5.13. The Morgan fingerprint density at radius 1 is 0.333 bits per heavy atom. The van der Waals surface area contributed by atoms with Gasteiger partial charge in [0.2, 0.25) is 0 Å². The van der Waals surface area contributed by atoms with Gasteiger partial charge >= 0.3 is 0 Å². The predicted octanol–water partition coefficient (Wildman–Crippen LogP) is 12.4. The molecular formula is C47H29N3O. The highest BCUT2D eigenvalue weighted by Gasteiger charge is 2.16. The Kier molecular flexibility index (Phi) is 6.78. The molecule has 0 saturated carbocycles. The molecule has 0 radical (unpaired) electrons. The molecule has 10 rings (SSSR count). The zero-order chi connectivity index (χ0) is 33.7. The quantitative estimate of drug-likeness (QED) is 0.186. The fourth-order valence-corrected chi connectivity index (χ4v) is 7.13. The molecule has 0 spiro atoms. The topological polar surface area (TPSA) is 51.8 Å². The number of furan rings is 1. The van der Waals surface area contributed by atoms with Crippen LogP contribution in [0.5, 0.6) is 0 Å². The molecule has 2 aromatic heterocycles. The van der Waals surface area contributed by atoms with Gasteiger partial charge in [-0.05, 0) is 56.6 Å². The standard InChI is InChI=1S/C47H29N3O/c1-2-9-30(10-3-1)32-17-22-35(23-18-32)45-48-46(50-47(49-45)38-26-19-31-11-4-5-13-37(31)29-38)36-24-20-34(21-25-36)39-15-8-16-42-43(39)41-28-27-33-12-6-7-14-40(33)44(41)51-42/h1-29H. The largest absolute Gasteiger partial charge is 0.455 e. The number of rotatable bonds is 5. The second-order valence-electron chi connectivity index (χ2n) is 12.8. The Labute approximate surface area is 294 Å². The molecule has 0 aliphatic heterocycles. The zero-order valence-corrected chi connectivity index (χ0v) is 27.5. The summed E-state index contributed by atoms with van der Waals surface area (Å²) in [5.41, 5.74) is 9.13. The predicted molar refractivity (Wildman–Crippen MR) is 209 cm³/mol. The third-order valence-corrected chi connectivity index (χ3v) is 9.73. The molecule has 2 heterocycles. The molecular weight excluding hydrogens is 623 g/mol. The molecule has 238 valence electrons. The van der Waals surface area contributed by atoms with E-state index in [0.29, 0.717) is 17.5 Å². The molecule has 0 saturated heterocycles. The van der Waals surface area contributed by atoms with Crippen LogP contribution in [-0.2, 0) is 0 Å². The number of nitrogens with zero attached hydrogens (tertiary/aromatic N) is 3. The average Bonchev–Trinajstić information content (AvgIpc) is 3.61. The molecule has 10 aromatic rings. The second kappa shape index (κ2) is 11.9. The second-order valence-corrected chi connectivity index (χ2v) is 12.8. The smallest absolute Gasteiger partial charge is 0.164 e. The fraction of sp³-hybridized carbons (Fsp3) is 0. The van der Waals surface area contributed by atoms with Crippen LogP contribution in [0.1, 0.15) is 0 Å². The van der Waals surface area contributed by atoms with Crippen LogP contribution in [-0.4, -0.2) is 15.0 Å². The Balaban J connectivity index is 1.08. The first kappa shape index (κ1) is 29.0. The van der Waals surface area contributed by atoms with E-state index in [0.717, 1.165) is 66.1 Å². The van der Waals surface area contributed by atoms with Crippen LogP contribution < -0.4 is 0 Å². The minimum absolute atomic E-state index is 0.625. The Bertz CT molecular complexity index is 2890. The lowest BCUT2D eigenvalue weighted by Crippen LogP contribution is -2.00. The zero-order valence-electron chi connectivity index (χ0n) is 27.5. The van der Waals surface area contributed by atoms with Gasteiger partial charge in [-0.25, -0.2) is 15.0 Å². The molecule has 0 amide bonds. The molecule has 0 aliphatic carbocycles. The van der Waals surface area contributed by atoms with Crippen molar-refractivity contribution >= 4 is 43.5 Å². The van der Waals surface area contributed by atoms with Gasteiger partial charge in [-0.2, -0.15) is 0 Å². The average molecular weight is 652 g/mol. The van der Waals surface area contributed by atoms with Gasteiger partial charge in [-0.1, -0.05) is 158 Å². The van der Waals surface area contributed by atoms with Crippen molar-refractivity contribution in [2.24, 2.45) is 0 Å². The van der Waals surface area contributed by atoms with Crippen molar-refractivity contribution in [2.75, 3.05) is 0 Å². The monoisotopic (exact) mass is 651 g/mol. The molecule has 8 aromatic carbocycles. The summed E-state index contributed by atoms with van der Waals surface area (Å²) >= 11 is 0. The normalized spacial score (nSPS) is 11.5. The van der Waals surface area contributed by atoms with E-state index in [2.05, 4.69) is 170 Å². The van der Waals surface area contributed by atoms with Crippen molar-refractivity contribution in [1.29, 1.82) is 0 Å². The lowest BCUT2D eigenvalue weighted by atomic mass is 9.97. The van der Waals surface area contributed by atoms with Gasteiger partial charge in [0.05, 0.1) is 0 Å². The Hall–Kier alpha value is -6.91. The highest BCUT2D eigenvalue weighted by molar-refractivity contribution is 6.19.